The predicted molar refractivity (Wildman–Crippen MR) is 98.8 cm³/mol. The van der Waals surface area contributed by atoms with Crippen molar-refractivity contribution >= 4 is 47.2 Å². The Kier molecular flexibility index (Phi) is 5.89. The number of phenolic OH excluding ortho intramolecular Hbond substituents is 1. The van der Waals surface area contributed by atoms with Gasteiger partial charge in [0.25, 0.3) is 0 Å². The highest BCUT2D eigenvalue weighted by Gasteiger charge is 2.08. The van der Waals surface area contributed by atoms with Gasteiger partial charge >= 0.3 is 0 Å². The molecule has 2 aromatic carbocycles. The Bertz CT molecular complexity index is 831. The van der Waals surface area contributed by atoms with E-state index in [0.29, 0.717) is 23.9 Å². The maximum Gasteiger partial charge on any atom is 0.222 e. The zero-order chi connectivity index (χ0) is 16.2. The number of H-pyrrole nitrogens is 1. The molecule has 0 aliphatic rings. The summed E-state index contributed by atoms with van der Waals surface area (Å²) in [6.45, 7) is 2.26. The maximum atomic E-state index is 9.81. The molecule has 1 heterocycles. The first-order valence-corrected chi connectivity index (χ1v) is 7.44. The van der Waals surface area contributed by atoms with Gasteiger partial charge in [0.15, 0.2) is 11.5 Å². The van der Waals surface area contributed by atoms with Crippen molar-refractivity contribution < 1.29 is 9.84 Å². The third-order valence-electron chi connectivity index (χ3n) is 3.12. The van der Waals surface area contributed by atoms with E-state index in [0.717, 1.165) is 11.0 Å². The van der Waals surface area contributed by atoms with E-state index in [4.69, 9.17) is 16.3 Å². The van der Waals surface area contributed by atoms with Crippen LogP contribution in [-0.4, -0.2) is 27.9 Å². The summed E-state index contributed by atoms with van der Waals surface area (Å²) in [7, 11) is 0. The summed E-state index contributed by atoms with van der Waals surface area (Å²) >= 11 is 5.97. The smallest absolute Gasteiger partial charge is 0.222 e. The number of hydrogen-bond acceptors (Lipinski definition) is 5. The molecule has 0 saturated heterocycles. The molecule has 3 N–H and O–H groups in total. The Balaban J connectivity index is 0.00000208. The first-order valence-electron chi connectivity index (χ1n) is 7.06. The molecule has 8 heteroatoms. The van der Waals surface area contributed by atoms with Gasteiger partial charge in [0, 0.05) is 0 Å². The highest BCUT2D eigenvalue weighted by atomic mass is 35.5. The molecule has 0 fully saturated rings. The van der Waals surface area contributed by atoms with Crippen LogP contribution in [0.1, 0.15) is 12.5 Å². The number of phenols is 1. The van der Waals surface area contributed by atoms with Crippen LogP contribution in [0.3, 0.4) is 0 Å². The number of para-hydroxylation sites is 2. The molecule has 6 nitrogen and oxygen atoms in total. The first kappa shape index (κ1) is 17.9. The molecular weight excluding hydrogens is 351 g/mol. The molecule has 24 heavy (non-hydrogen) atoms. The summed E-state index contributed by atoms with van der Waals surface area (Å²) < 4.78 is 5.33. The van der Waals surface area contributed by atoms with Crippen molar-refractivity contribution in [3.63, 3.8) is 0 Å². The number of benzene rings is 2. The molecule has 3 rings (SSSR count). The summed E-state index contributed by atoms with van der Waals surface area (Å²) in [5, 5.41) is 14.1. The molecule has 0 aliphatic heterocycles. The van der Waals surface area contributed by atoms with Gasteiger partial charge in [-0.1, -0.05) is 23.7 Å². The largest absolute Gasteiger partial charge is 0.503 e. The van der Waals surface area contributed by atoms with Crippen LogP contribution in [0, 0.1) is 0 Å². The number of anilines is 1. The number of hydrogen-bond donors (Lipinski definition) is 3. The quantitative estimate of drug-likeness (QED) is 0.467. The molecule has 0 saturated carbocycles. The standard InChI is InChI=1S/C16H15ClN4O2.ClH/c1-2-23-14-8-10(7-11(17)15(14)22)9-18-21-16-19-12-5-3-4-6-13(12)20-16;/h3-9,22H,2H2,1H3,(H2,19,20,21);1H/b18-9+;. The van der Waals surface area contributed by atoms with E-state index in [-0.39, 0.29) is 23.2 Å². The fourth-order valence-electron chi connectivity index (χ4n) is 2.11. The fourth-order valence-corrected chi connectivity index (χ4v) is 2.33. The number of halogens is 2. The number of imidazole rings is 1. The van der Waals surface area contributed by atoms with Crippen molar-refractivity contribution in [2.45, 2.75) is 6.92 Å². The van der Waals surface area contributed by atoms with Crippen LogP contribution in [0.4, 0.5) is 5.95 Å². The average molecular weight is 367 g/mol. The molecule has 0 spiro atoms. The number of fused-ring (bicyclic) bond motifs is 1. The van der Waals surface area contributed by atoms with Crippen molar-refractivity contribution in [1.82, 2.24) is 9.97 Å². The highest BCUT2D eigenvalue weighted by molar-refractivity contribution is 6.32. The lowest BCUT2D eigenvalue weighted by atomic mass is 10.2. The van der Waals surface area contributed by atoms with Crippen molar-refractivity contribution in [3.05, 3.63) is 47.0 Å². The normalized spacial score (nSPS) is 10.8. The van der Waals surface area contributed by atoms with Crippen LogP contribution in [0.15, 0.2) is 41.5 Å². The summed E-state index contributed by atoms with van der Waals surface area (Å²) in [5.74, 6) is 0.790. The number of nitrogens with zero attached hydrogens (tertiary/aromatic N) is 2. The topological polar surface area (TPSA) is 82.5 Å². The highest BCUT2D eigenvalue weighted by Crippen LogP contribution is 2.34. The SMILES string of the molecule is CCOc1cc(/C=N/Nc2nc3ccccc3[nH]2)cc(Cl)c1O.Cl. The van der Waals surface area contributed by atoms with Gasteiger partial charge in [-0.2, -0.15) is 5.10 Å². The van der Waals surface area contributed by atoms with Crippen molar-refractivity contribution in [1.29, 1.82) is 0 Å². The zero-order valence-electron chi connectivity index (χ0n) is 12.8. The third-order valence-corrected chi connectivity index (χ3v) is 3.41. The van der Waals surface area contributed by atoms with E-state index >= 15 is 0 Å². The average Bonchev–Trinajstić information content (AvgIpc) is 2.95. The number of aromatic hydroxyl groups is 1. The van der Waals surface area contributed by atoms with Crippen LogP contribution in [0.2, 0.25) is 5.02 Å². The number of aromatic nitrogens is 2. The molecule has 3 aromatic rings. The van der Waals surface area contributed by atoms with E-state index in [1.165, 1.54) is 0 Å². The Morgan fingerprint density at radius 1 is 1.38 bits per heavy atom. The molecule has 0 unspecified atom stereocenters. The molecule has 0 radical (unpaired) electrons. The van der Waals surface area contributed by atoms with Gasteiger partial charge in [0.1, 0.15) is 0 Å². The van der Waals surface area contributed by atoms with Gasteiger partial charge in [-0.15, -0.1) is 12.4 Å². The predicted octanol–water partition coefficient (Wildman–Crippen LogP) is 4.19. The summed E-state index contributed by atoms with van der Waals surface area (Å²) in [5.41, 5.74) is 5.30. The Morgan fingerprint density at radius 3 is 2.92 bits per heavy atom. The monoisotopic (exact) mass is 366 g/mol. The van der Waals surface area contributed by atoms with E-state index in [2.05, 4.69) is 20.5 Å². The number of rotatable bonds is 5. The second-order valence-corrected chi connectivity index (χ2v) is 5.16. The second kappa shape index (κ2) is 7.90. The molecule has 0 aliphatic carbocycles. The Labute approximate surface area is 149 Å². The second-order valence-electron chi connectivity index (χ2n) is 4.76. The van der Waals surface area contributed by atoms with Gasteiger partial charge in [-0.05, 0) is 36.8 Å². The van der Waals surface area contributed by atoms with Gasteiger partial charge in [0.05, 0.1) is 28.9 Å². The minimum atomic E-state index is -0.0732. The number of hydrazone groups is 1. The number of aromatic amines is 1. The maximum absolute atomic E-state index is 9.81. The lowest BCUT2D eigenvalue weighted by Crippen LogP contribution is -1.95. The molecule has 126 valence electrons. The molecule has 1 aromatic heterocycles. The van der Waals surface area contributed by atoms with Gasteiger partial charge < -0.3 is 14.8 Å². The number of nitrogens with one attached hydrogen (secondary N) is 2. The third kappa shape index (κ3) is 3.90. The summed E-state index contributed by atoms with van der Waals surface area (Å²) in [4.78, 5) is 7.46. The van der Waals surface area contributed by atoms with Crippen LogP contribution >= 0.6 is 24.0 Å². The van der Waals surface area contributed by atoms with Crippen LogP contribution < -0.4 is 10.2 Å². The first-order chi connectivity index (χ1) is 11.2. The van der Waals surface area contributed by atoms with Gasteiger partial charge in [-0.25, -0.2) is 10.4 Å². The van der Waals surface area contributed by atoms with E-state index < -0.39 is 0 Å². The van der Waals surface area contributed by atoms with Crippen LogP contribution in [-0.2, 0) is 0 Å². The number of ether oxygens (including phenoxy) is 1. The van der Waals surface area contributed by atoms with Gasteiger partial charge in [-0.3, -0.25) is 0 Å². The lowest BCUT2D eigenvalue weighted by Gasteiger charge is -2.08. The zero-order valence-corrected chi connectivity index (χ0v) is 14.4. The van der Waals surface area contributed by atoms with Crippen LogP contribution in [0.25, 0.3) is 11.0 Å². The van der Waals surface area contributed by atoms with Crippen molar-refractivity contribution in [2.24, 2.45) is 5.10 Å². The van der Waals surface area contributed by atoms with Crippen LogP contribution in [0.5, 0.6) is 11.5 Å². The minimum absolute atomic E-state index is 0. The van der Waals surface area contributed by atoms with Crippen molar-refractivity contribution in [2.75, 3.05) is 12.0 Å². The van der Waals surface area contributed by atoms with Crippen molar-refractivity contribution in [3.8, 4) is 11.5 Å². The van der Waals surface area contributed by atoms with Gasteiger partial charge in [0.2, 0.25) is 5.95 Å². The lowest BCUT2D eigenvalue weighted by molar-refractivity contribution is 0.318. The van der Waals surface area contributed by atoms with E-state index in [9.17, 15) is 5.11 Å². The molecule has 0 amide bonds. The minimum Gasteiger partial charge on any atom is -0.503 e. The van der Waals surface area contributed by atoms with E-state index in [1.54, 1.807) is 18.3 Å². The Morgan fingerprint density at radius 2 is 2.17 bits per heavy atom. The summed E-state index contributed by atoms with van der Waals surface area (Å²) in [6, 6.07) is 11.0. The Hall–Kier alpha value is -2.44. The molecule has 0 atom stereocenters. The fraction of sp³-hybridized carbons (Fsp3) is 0.125. The van der Waals surface area contributed by atoms with E-state index in [1.807, 2.05) is 31.2 Å². The molecule has 0 bridgehead atoms. The summed E-state index contributed by atoms with van der Waals surface area (Å²) in [6.07, 6.45) is 1.57. The molecular formula is C16H16Cl2N4O2.